The summed E-state index contributed by atoms with van der Waals surface area (Å²) in [7, 11) is 0. The Labute approximate surface area is 140 Å². The van der Waals surface area contributed by atoms with Gasteiger partial charge in [-0.25, -0.2) is 4.79 Å². The van der Waals surface area contributed by atoms with Crippen LogP contribution in [-0.2, 0) is 4.79 Å². The van der Waals surface area contributed by atoms with E-state index in [0.717, 1.165) is 12.2 Å². The van der Waals surface area contributed by atoms with Gasteiger partial charge < -0.3 is 19.9 Å². The third-order valence-electron chi connectivity index (χ3n) is 3.81. The minimum Gasteiger partial charge on any atom is -0.457 e. The van der Waals surface area contributed by atoms with Gasteiger partial charge in [0.1, 0.15) is 11.5 Å². The van der Waals surface area contributed by atoms with Crippen LogP contribution in [0.4, 0.5) is 10.5 Å². The van der Waals surface area contributed by atoms with Crippen LogP contribution >= 0.6 is 0 Å². The second kappa shape index (κ2) is 7.50. The molecule has 0 unspecified atom stereocenters. The number of carbonyl (C=O) groups excluding carboxylic acids is 2. The second-order valence-corrected chi connectivity index (χ2v) is 5.50. The topological polar surface area (TPSA) is 61.9 Å². The summed E-state index contributed by atoms with van der Waals surface area (Å²) in [5.74, 6) is 1.40. The number of urea groups is 1. The Morgan fingerprint density at radius 3 is 2.38 bits per heavy atom. The first-order valence-corrected chi connectivity index (χ1v) is 7.83. The van der Waals surface area contributed by atoms with Gasteiger partial charge in [-0.2, -0.15) is 0 Å². The molecular weight excluding hydrogens is 306 g/mol. The van der Waals surface area contributed by atoms with Crippen molar-refractivity contribution in [3.8, 4) is 11.5 Å². The smallest absolute Gasteiger partial charge is 0.321 e. The molecule has 0 saturated carbocycles. The van der Waals surface area contributed by atoms with E-state index in [1.807, 2.05) is 48.5 Å². The van der Waals surface area contributed by atoms with Crippen molar-refractivity contribution < 1.29 is 14.3 Å². The lowest BCUT2D eigenvalue weighted by molar-refractivity contribution is -0.119. The lowest BCUT2D eigenvalue weighted by atomic mass is 10.3. The van der Waals surface area contributed by atoms with E-state index >= 15 is 0 Å². The Morgan fingerprint density at radius 1 is 0.958 bits per heavy atom. The number of nitrogens with zero attached hydrogens (tertiary/aromatic N) is 2. The summed E-state index contributed by atoms with van der Waals surface area (Å²) in [5.41, 5.74) is 0.672. The molecule has 1 saturated heterocycles. The molecule has 0 radical (unpaired) electrons. The maximum atomic E-state index is 12.3. The number of hydrogen-bond acceptors (Lipinski definition) is 3. The standard InChI is InChI=1S/C18H19N3O3/c22-14-20-9-11-21(12-10-20)18(23)19-15-5-4-8-17(13-15)24-16-6-2-1-3-7-16/h1-8,13-14H,9-12H2,(H,19,23). The monoisotopic (exact) mass is 325 g/mol. The first-order chi connectivity index (χ1) is 11.7. The van der Waals surface area contributed by atoms with Crippen molar-refractivity contribution in [2.75, 3.05) is 31.5 Å². The largest absolute Gasteiger partial charge is 0.457 e. The fraction of sp³-hybridized carbons (Fsp3) is 0.222. The van der Waals surface area contributed by atoms with Crippen molar-refractivity contribution in [1.29, 1.82) is 0 Å². The molecule has 124 valence electrons. The molecule has 1 aliphatic rings. The number of piperazine rings is 1. The molecule has 0 bridgehead atoms. The van der Waals surface area contributed by atoms with Crippen LogP contribution in [-0.4, -0.2) is 48.4 Å². The van der Waals surface area contributed by atoms with Crippen molar-refractivity contribution in [2.24, 2.45) is 0 Å². The third-order valence-corrected chi connectivity index (χ3v) is 3.81. The van der Waals surface area contributed by atoms with Crippen LogP contribution in [0.5, 0.6) is 11.5 Å². The Morgan fingerprint density at radius 2 is 1.67 bits per heavy atom. The molecule has 0 atom stereocenters. The minimum atomic E-state index is -0.169. The molecule has 6 heteroatoms. The van der Waals surface area contributed by atoms with E-state index in [0.29, 0.717) is 37.6 Å². The number of rotatable bonds is 4. The molecule has 2 aromatic rings. The van der Waals surface area contributed by atoms with Gasteiger partial charge in [-0.05, 0) is 24.3 Å². The van der Waals surface area contributed by atoms with Gasteiger partial charge in [0.2, 0.25) is 6.41 Å². The number of ether oxygens (including phenoxy) is 1. The van der Waals surface area contributed by atoms with Crippen molar-refractivity contribution in [3.63, 3.8) is 0 Å². The number of hydrogen-bond donors (Lipinski definition) is 1. The molecule has 3 amide bonds. The maximum Gasteiger partial charge on any atom is 0.321 e. The van der Waals surface area contributed by atoms with Crippen LogP contribution in [0.15, 0.2) is 54.6 Å². The molecule has 0 aromatic heterocycles. The lowest BCUT2D eigenvalue weighted by Gasteiger charge is -2.32. The molecule has 0 spiro atoms. The van der Waals surface area contributed by atoms with E-state index < -0.39 is 0 Å². The van der Waals surface area contributed by atoms with Crippen LogP contribution in [0.25, 0.3) is 0 Å². The summed E-state index contributed by atoms with van der Waals surface area (Å²) >= 11 is 0. The molecule has 0 aliphatic carbocycles. The highest BCUT2D eigenvalue weighted by Crippen LogP contribution is 2.24. The average Bonchev–Trinajstić information content (AvgIpc) is 2.63. The Balaban J connectivity index is 1.60. The van der Waals surface area contributed by atoms with E-state index in [4.69, 9.17) is 4.74 Å². The van der Waals surface area contributed by atoms with Crippen LogP contribution in [0.1, 0.15) is 0 Å². The van der Waals surface area contributed by atoms with Crippen molar-refractivity contribution >= 4 is 18.1 Å². The number of carbonyl (C=O) groups is 2. The van der Waals surface area contributed by atoms with Gasteiger partial charge in [-0.15, -0.1) is 0 Å². The average molecular weight is 325 g/mol. The highest BCUT2D eigenvalue weighted by Gasteiger charge is 2.20. The first-order valence-electron chi connectivity index (χ1n) is 7.83. The molecule has 2 aromatic carbocycles. The summed E-state index contributed by atoms with van der Waals surface area (Å²) in [6.07, 6.45) is 0.819. The summed E-state index contributed by atoms with van der Waals surface area (Å²) in [4.78, 5) is 26.4. The SMILES string of the molecule is O=CN1CCN(C(=O)Nc2cccc(Oc3ccccc3)c2)CC1. The summed E-state index contributed by atoms with van der Waals surface area (Å²) in [6, 6.07) is 16.6. The summed E-state index contributed by atoms with van der Waals surface area (Å²) < 4.78 is 5.76. The predicted octanol–water partition coefficient (Wildman–Crippen LogP) is 2.78. The van der Waals surface area contributed by atoms with E-state index in [-0.39, 0.29) is 6.03 Å². The molecular formula is C18H19N3O3. The maximum absolute atomic E-state index is 12.3. The summed E-state index contributed by atoms with van der Waals surface area (Å²) in [6.45, 7) is 2.19. The fourth-order valence-electron chi connectivity index (χ4n) is 2.49. The van der Waals surface area contributed by atoms with E-state index in [2.05, 4.69) is 5.32 Å². The molecule has 3 rings (SSSR count). The van der Waals surface area contributed by atoms with Crippen molar-refractivity contribution in [2.45, 2.75) is 0 Å². The number of amides is 3. The Hall–Kier alpha value is -3.02. The predicted molar refractivity (Wildman–Crippen MR) is 91.2 cm³/mol. The zero-order valence-electron chi connectivity index (χ0n) is 13.2. The van der Waals surface area contributed by atoms with E-state index in [1.165, 1.54) is 0 Å². The Kier molecular flexibility index (Phi) is 4.96. The highest BCUT2D eigenvalue weighted by atomic mass is 16.5. The van der Waals surface area contributed by atoms with E-state index in [1.54, 1.807) is 15.9 Å². The molecule has 6 nitrogen and oxygen atoms in total. The van der Waals surface area contributed by atoms with Crippen molar-refractivity contribution in [3.05, 3.63) is 54.6 Å². The van der Waals surface area contributed by atoms with Crippen LogP contribution < -0.4 is 10.1 Å². The third kappa shape index (κ3) is 4.04. The molecule has 1 N–H and O–H groups in total. The van der Waals surface area contributed by atoms with Gasteiger partial charge >= 0.3 is 6.03 Å². The highest BCUT2D eigenvalue weighted by molar-refractivity contribution is 5.89. The Bertz CT molecular complexity index is 698. The van der Waals surface area contributed by atoms with Crippen molar-refractivity contribution in [1.82, 2.24) is 9.80 Å². The van der Waals surface area contributed by atoms with Crippen LogP contribution in [0.3, 0.4) is 0 Å². The van der Waals surface area contributed by atoms with Gasteiger partial charge in [0, 0.05) is 37.9 Å². The van der Waals surface area contributed by atoms with Gasteiger partial charge in [0.15, 0.2) is 0 Å². The summed E-state index contributed by atoms with van der Waals surface area (Å²) in [5, 5.41) is 2.87. The molecule has 1 fully saturated rings. The number of para-hydroxylation sites is 1. The number of benzene rings is 2. The molecule has 1 aliphatic heterocycles. The lowest BCUT2D eigenvalue weighted by Crippen LogP contribution is -2.49. The minimum absolute atomic E-state index is 0.169. The quantitative estimate of drug-likeness (QED) is 0.879. The normalized spacial score (nSPS) is 14.2. The van der Waals surface area contributed by atoms with Gasteiger partial charge in [0.25, 0.3) is 0 Å². The number of anilines is 1. The van der Waals surface area contributed by atoms with Crippen LogP contribution in [0.2, 0.25) is 0 Å². The zero-order chi connectivity index (χ0) is 16.8. The number of nitrogens with one attached hydrogen (secondary N) is 1. The van der Waals surface area contributed by atoms with Crippen LogP contribution in [0, 0.1) is 0 Å². The fourth-order valence-corrected chi connectivity index (χ4v) is 2.49. The van der Waals surface area contributed by atoms with Gasteiger partial charge in [-0.3, -0.25) is 4.79 Å². The van der Waals surface area contributed by atoms with Gasteiger partial charge in [-0.1, -0.05) is 24.3 Å². The first kappa shape index (κ1) is 15.9. The molecule has 24 heavy (non-hydrogen) atoms. The van der Waals surface area contributed by atoms with Gasteiger partial charge in [0.05, 0.1) is 0 Å². The zero-order valence-corrected chi connectivity index (χ0v) is 13.2. The molecule has 1 heterocycles. The second-order valence-electron chi connectivity index (χ2n) is 5.50. The van der Waals surface area contributed by atoms with E-state index in [9.17, 15) is 9.59 Å².